The number of aromatic nitrogens is 2. The number of carbonyl (C=O) groups excluding carboxylic acids is 1. The first kappa shape index (κ1) is 20.0. The van der Waals surface area contributed by atoms with Gasteiger partial charge in [0.1, 0.15) is 17.2 Å². The van der Waals surface area contributed by atoms with Crippen molar-refractivity contribution in [3.63, 3.8) is 0 Å². The molecule has 0 aliphatic rings. The quantitative estimate of drug-likeness (QED) is 0.433. The van der Waals surface area contributed by atoms with Crippen LogP contribution < -0.4 is 5.56 Å². The third kappa shape index (κ3) is 4.16. The van der Waals surface area contributed by atoms with E-state index in [1.54, 1.807) is 12.1 Å². The molecule has 0 amide bonds. The minimum Gasteiger partial charge on any atom is -0.464 e. The molecule has 5 nitrogen and oxygen atoms in total. The summed E-state index contributed by atoms with van der Waals surface area (Å²) in [4.78, 5) is 31.2. The van der Waals surface area contributed by atoms with Crippen molar-refractivity contribution in [2.75, 3.05) is 6.61 Å². The summed E-state index contributed by atoms with van der Waals surface area (Å²) in [6, 6.07) is 15.7. The third-order valence-corrected chi connectivity index (χ3v) is 5.80. The van der Waals surface area contributed by atoms with Crippen molar-refractivity contribution in [1.82, 2.24) is 9.55 Å². The average molecular weight is 422 g/mol. The number of aryl methyl sites for hydroxylation is 1. The molecule has 0 aliphatic carbocycles. The summed E-state index contributed by atoms with van der Waals surface area (Å²) >= 11 is 1.40. The summed E-state index contributed by atoms with van der Waals surface area (Å²) in [6.45, 7) is 1.92. The van der Waals surface area contributed by atoms with Crippen molar-refractivity contribution in [3.8, 4) is 11.1 Å². The molecular weight excluding hydrogens is 403 g/mol. The van der Waals surface area contributed by atoms with Crippen LogP contribution in [0.4, 0.5) is 4.39 Å². The van der Waals surface area contributed by atoms with Crippen molar-refractivity contribution < 1.29 is 13.9 Å². The van der Waals surface area contributed by atoms with Crippen molar-refractivity contribution in [3.05, 3.63) is 87.5 Å². The Kier molecular flexibility index (Phi) is 5.72. The molecule has 0 fully saturated rings. The maximum absolute atomic E-state index is 13.3. The van der Waals surface area contributed by atoms with Crippen LogP contribution in [-0.4, -0.2) is 22.1 Å². The molecule has 0 saturated carbocycles. The summed E-state index contributed by atoms with van der Waals surface area (Å²) in [5, 5.41) is 0.434. The van der Waals surface area contributed by atoms with Gasteiger partial charge in [-0.2, -0.15) is 0 Å². The van der Waals surface area contributed by atoms with E-state index in [4.69, 9.17) is 4.74 Å². The Labute approximate surface area is 176 Å². The lowest BCUT2D eigenvalue weighted by Crippen LogP contribution is -2.26. The molecule has 7 heteroatoms. The molecular formula is C23H19FN2O3S. The SMILES string of the molecule is Cc1sc2ncn(CC(=O)OCCc3ccccc3)c(=O)c2c1-c1ccc(F)cc1. The lowest BCUT2D eigenvalue weighted by Gasteiger charge is -2.08. The van der Waals surface area contributed by atoms with Crippen molar-refractivity contribution in [2.24, 2.45) is 0 Å². The van der Waals surface area contributed by atoms with E-state index in [-0.39, 0.29) is 24.5 Å². The number of nitrogens with zero attached hydrogens (tertiary/aromatic N) is 2. The molecule has 152 valence electrons. The van der Waals surface area contributed by atoms with Gasteiger partial charge in [0.15, 0.2) is 0 Å². The molecule has 0 aliphatic heterocycles. The van der Waals surface area contributed by atoms with E-state index in [0.717, 1.165) is 21.6 Å². The minimum atomic E-state index is -0.496. The van der Waals surface area contributed by atoms with Crippen LogP contribution in [0.5, 0.6) is 0 Å². The van der Waals surface area contributed by atoms with Crippen LogP contribution >= 0.6 is 11.3 Å². The first-order valence-electron chi connectivity index (χ1n) is 9.47. The number of fused-ring (bicyclic) bond motifs is 1. The van der Waals surface area contributed by atoms with Crippen LogP contribution in [0.2, 0.25) is 0 Å². The first-order chi connectivity index (χ1) is 14.5. The Balaban J connectivity index is 1.55. The molecule has 2 aromatic heterocycles. The number of hydrogen-bond acceptors (Lipinski definition) is 5. The second-order valence-corrected chi connectivity index (χ2v) is 8.06. The second-order valence-electron chi connectivity index (χ2n) is 6.85. The predicted octanol–water partition coefficient (Wildman–Crippen LogP) is 4.36. The van der Waals surface area contributed by atoms with Crippen LogP contribution in [0.3, 0.4) is 0 Å². The number of ether oxygens (including phenoxy) is 1. The molecule has 4 rings (SSSR count). The minimum absolute atomic E-state index is 0.214. The molecule has 0 bridgehead atoms. The highest BCUT2D eigenvalue weighted by Gasteiger charge is 2.18. The second kappa shape index (κ2) is 8.59. The van der Waals surface area contributed by atoms with Crippen molar-refractivity contribution in [2.45, 2.75) is 19.9 Å². The Morgan fingerprint density at radius 3 is 2.60 bits per heavy atom. The third-order valence-electron chi connectivity index (χ3n) is 4.78. The van der Waals surface area contributed by atoms with E-state index >= 15 is 0 Å². The molecule has 4 aromatic rings. The van der Waals surface area contributed by atoms with Gasteiger partial charge in [0, 0.05) is 16.9 Å². The van der Waals surface area contributed by atoms with Crippen LogP contribution in [0.1, 0.15) is 10.4 Å². The van der Waals surface area contributed by atoms with E-state index in [2.05, 4.69) is 4.98 Å². The first-order valence-corrected chi connectivity index (χ1v) is 10.3. The molecule has 0 saturated heterocycles. The van der Waals surface area contributed by atoms with Crippen LogP contribution in [0.15, 0.2) is 65.7 Å². The van der Waals surface area contributed by atoms with Gasteiger partial charge in [0.05, 0.1) is 18.3 Å². The zero-order valence-corrected chi connectivity index (χ0v) is 17.1. The van der Waals surface area contributed by atoms with Gasteiger partial charge in [-0.15, -0.1) is 11.3 Å². The molecule has 0 spiro atoms. The lowest BCUT2D eigenvalue weighted by atomic mass is 10.0. The van der Waals surface area contributed by atoms with E-state index < -0.39 is 5.97 Å². The molecule has 2 heterocycles. The van der Waals surface area contributed by atoms with E-state index in [1.807, 2.05) is 37.3 Å². The topological polar surface area (TPSA) is 61.2 Å². The summed E-state index contributed by atoms with van der Waals surface area (Å²) in [5.74, 6) is -0.839. The molecule has 0 unspecified atom stereocenters. The van der Waals surface area contributed by atoms with Gasteiger partial charge in [-0.1, -0.05) is 42.5 Å². The Hall–Kier alpha value is -3.32. The lowest BCUT2D eigenvalue weighted by molar-refractivity contribution is -0.144. The normalized spacial score (nSPS) is 11.0. The van der Waals surface area contributed by atoms with Gasteiger partial charge in [0.25, 0.3) is 5.56 Å². The zero-order chi connectivity index (χ0) is 21.1. The number of halogens is 1. The fraction of sp³-hybridized carbons (Fsp3) is 0.174. The maximum atomic E-state index is 13.3. The van der Waals surface area contributed by atoms with Crippen LogP contribution in [0, 0.1) is 12.7 Å². The highest BCUT2D eigenvalue weighted by molar-refractivity contribution is 7.19. The number of thiophene rings is 1. The fourth-order valence-electron chi connectivity index (χ4n) is 3.33. The van der Waals surface area contributed by atoms with Gasteiger partial charge < -0.3 is 4.74 Å². The molecule has 0 radical (unpaired) electrons. The summed E-state index contributed by atoms with van der Waals surface area (Å²) in [5.41, 5.74) is 2.22. The molecule has 0 N–H and O–H groups in total. The summed E-state index contributed by atoms with van der Waals surface area (Å²) in [6.07, 6.45) is 1.98. The Morgan fingerprint density at radius 1 is 1.13 bits per heavy atom. The summed E-state index contributed by atoms with van der Waals surface area (Å²) < 4.78 is 19.9. The van der Waals surface area contributed by atoms with E-state index in [9.17, 15) is 14.0 Å². The summed E-state index contributed by atoms with van der Waals surface area (Å²) in [7, 11) is 0. The van der Waals surface area contributed by atoms with Crippen LogP contribution in [-0.2, 0) is 22.5 Å². The molecule has 2 aromatic carbocycles. The number of esters is 1. The van der Waals surface area contributed by atoms with Gasteiger partial charge in [-0.25, -0.2) is 9.37 Å². The highest BCUT2D eigenvalue weighted by atomic mass is 32.1. The number of benzene rings is 2. The van der Waals surface area contributed by atoms with Crippen LogP contribution in [0.25, 0.3) is 21.3 Å². The van der Waals surface area contributed by atoms with Crippen molar-refractivity contribution >= 4 is 27.5 Å². The maximum Gasteiger partial charge on any atom is 0.326 e. The van der Waals surface area contributed by atoms with Gasteiger partial charge in [0.2, 0.25) is 0 Å². The highest BCUT2D eigenvalue weighted by Crippen LogP contribution is 2.35. The van der Waals surface area contributed by atoms with Gasteiger partial charge >= 0.3 is 5.97 Å². The van der Waals surface area contributed by atoms with E-state index in [1.165, 1.54) is 34.4 Å². The predicted molar refractivity (Wildman–Crippen MR) is 115 cm³/mol. The molecule has 0 atom stereocenters. The Morgan fingerprint density at radius 2 is 1.87 bits per heavy atom. The fourth-order valence-corrected chi connectivity index (χ4v) is 4.33. The number of carbonyl (C=O) groups is 1. The number of rotatable bonds is 6. The zero-order valence-electron chi connectivity index (χ0n) is 16.3. The van der Waals surface area contributed by atoms with Gasteiger partial charge in [-0.3, -0.25) is 14.2 Å². The average Bonchev–Trinajstić information content (AvgIpc) is 3.08. The standard InChI is InChI=1S/C23H19FN2O3S/c1-15-20(17-7-9-18(24)10-8-17)21-22(30-15)25-14-26(23(21)28)13-19(27)29-12-11-16-5-3-2-4-6-16/h2-10,14H,11-13H2,1H3. The Bertz CT molecular complexity index is 1250. The largest absolute Gasteiger partial charge is 0.464 e. The smallest absolute Gasteiger partial charge is 0.326 e. The molecule has 30 heavy (non-hydrogen) atoms. The van der Waals surface area contributed by atoms with E-state index in [0.29, 0.717) is 16.6 Å². The monoisotopic (exact) mass is 422 g/mol. The number of hydrogen-bond donors (Lipinski definition) is 0. The van der Waals surface area contributed by atoms with Crippen molar-refractivity contribution in [1.29, 1.82) is 0 Å². The van der Waals surface area contributed by atoms with Gasteiger partial charge in [-0.05, 0) is 30.2 Å².